The molecule has 0 aliphatic carbocycles. The molecule has 2 aromatic heterocycles. The highest BCUT2D eigenvalue weighted by molar-refractivity contribution is 7.99. The lowest BCUT2D eigenvalue weighted by Gasteiger charge is -2.04. The van der Waals surface area contributed by atoms with Gasteiger partial charge in [-0.15, -0.1) is 10.2 Å². The number of carbonyl (C=O) groups excluding carboxylic acids is 1. The lowest BCUT2D eigenvalue weighted by molar-refractivity contribution is -0.113. The van der Waals surface area contributed by atoms with Crippen LogP contribution in [0.15, 0.2) is 58.3 Å². The molecule has 6 nitrogen and oxygen atoms in total. The van der Waals surface area contributed by atoms with Crippen molar-refractivity contribution in [3.8, 4) is 11.6 Å². The Kier molecular flexibility index (Phi) is 5.22. The number of hydrogen-bond donors (Lipinski definition) is 1. The fourth-order valence-corrected chi connectivity index (χ4v) is 2.57. The molecule has 0 spiro atoms. The number of rotatable bonds is 6. The zero-order valence-electron chi connectivity index (χ0n) is 13.1. The zero-order chi connectivity index (χ0) is 16.8. The summed E-state index contributed by atoms with van der Waals surface area (Å²) < 4.78 is 5.50. The summed E-state index contributed by atoms with van der Waals surface area (Å²) in [6.07, 6.45) is 2.63. The van der Waals surface area contributed by atoms with Crippen LogP contribution >= 0.6 is 11.8 Å². The van der Waals surface area contributed by atoms with Crippen LogP contribution in [0.1, 0.15) is 12.5 Å². The summed E-state index contributed by atoms with van der Waals surface area (Å²) in [6.45, 7) is 2.09. The molecule has 2 heterocycles. The van der Waals surface area contributed by atoms with Gasteiger partial charge in [-0.25, -0.2) is 0 Å². The maximum absolute atomic E-state index is 12.0. The maximum atomic E-state index is 12.0. The van der Waals surface area contributed by atoms with Gasteiger partial charge in [0, 0.05) is 11.9 Å². The van der Waals surface area contributed by atoms with Crippen LogP contribution < -0.4 is 5.32 Å². The maximum Gasteiger partial charge on any atom is 0.277 e. The van der Waals surface area contributed by atoms with E-state index in [4.69, 9.17) is 4.42 Å². The molecule has 0 atom stereocenters. The number of aryl methyl sites for hydroxylation is 1. The average molecular weight is 340 g/mol. The molecule has 0 saturated heterocycles. The number of nitrogens with zero attached hydrogens (tertiary/aromatic N) is 3. The Bertz CT molecular complexity index is 803. The van der Waals surface area contributed by atoms with E-state index in [2.05, 4.69) is 27.4 Å². The second kappa shape index (κ2) is 7.74. The number of anilines is 1. The number of benzene rings is 1. The third-order valence-electron chi connectivity index (χ3n) is 3.26. The van der Waals surface area contributed by atoms with Crippen molar-refractivity contribution in [1.82, 2.24) is 15.2 Å². The van der Waals surface area contributed by atoms with Gasteiger partial charge in [0.05, 0.1) is 5.75 Å². The molecule has 0 radical (unpaired) electrons. The molecule has 0 saturated carbocycles. The van der Waals surface area contributed by atoms with Crippen LogP contribution in [0.25, 0.3) is 11.6 Å². The minimum Gasteiger partial charge on any atom is -0.410 e. The first-order valence-corrected chi connectivity index (χ1v) is 8.49. The van der Waals surface area contributed by atoms with Crippen molar-refractivity contribution in [2.24, 2.45) is 0 Å². The monoisotopic (exact) mass is 340 g/mol. The highest BCUT2D eigenvalue weighted by Gasteiger charge is 2.11. The van der Waals surface area contributed by atoms with Gasteiger partial charge in [-0.3, -0.25) is 9.78 Å². The topological polar surface area (TPSA) is 80.9 Å². The van der Waals surface area contributed by atoms with E-state index < -0.39 is 0 Å². The third kappa shape index (κ3) is 4.20. The molecule has 0 fully saturated rings. The lowest BCUT2D eigenvalue weighted by atomic mass is 10.1. The van der Waals surface area contributed by atoms with E-state index in [1.165, 1.54) is 17.3 Å². The van der Waals surface area contributed by atoms with E-state index in [-0.39, 0.29) is 11.7 Å². The molecule has 24 heavy (non-hydrogen) atoms. The molecule has 3 aromatic rings. The zero-order valence-corrected chi connectivity index (χ0v) is 13.9. The second-order valence-electron chi connectivity index (χ2n) is 4.98. The number of pyridine rings is 1. The Hall–Kier alpha value is -2.67. The summed E-state index contributed by atoms with van der Waals surface area (Å²) in [5.41, 5.74) is 2.62. The second-order valence-corrected chi connectivity index (χ2v) is 5.90. The van der Waals surface area contributed by atoms with Crippen molar-refractivity contribution in [2.45, 2.75) is 18.6 Å². The van der Waals surface area contributed by atoms with Crippen molar-refractivity contribution < 1.29 is 9.21 Å². The molecule has 0 unspecified atom stereocenters. The molecule has 1 N–H and O–H groups in total. The summed E-state index contributed by atoms with van der Waals surface area (Å²) in [5.74, 6) is 0.412. The largest absolute Gasteiger partial charge is 0.410 e. The van der Waals surface area contributed by atoms with Gasteiger partial charge in [0.1, 0.15) is 5.69 Å². The van der Waals surface area contributed by atoms with E-state index in [0.717, 1.165) is 12.1 Å². The Morgan fingerprint density at radius 1 is 1.17 bits per heavy atom. The molecule has 122 valence electrons. The third-order valence-corrected chi connectivity index (χ3v) is 4.08. The Balaban J connectivity index is 1.53. The van der Waals surface area contributed by atoms with Gasteiger partial charge in [0.15, 0.2) is 0 Å². The van der Waals surface area contributed by atoms with Crippen LogP contribution in [0.4, 0.5) is 5.69 Å². The predicted molar refractivity (Wildman–Crippen MR) is 92.7 cm³/mol. The standard InChI is InChI=1S/C17H16N4O2S/c1-2-12-6-8-13(9-7-12)19-15(22)11-24-17-21-20-16(23-17)14-5-3-4-10-18-14/h3-10H,2,11H2,1H3,(H,19,22). The fourth-order valence-electron chi connectivity index (χ4n) is 2.01. The number of carbonyl (C=O) groups is 1. The van der Waals surface area contributed by atoms with Crippen molar-refractivity contribution >= 4 is 23.4 Å². The molecule has 1 amide bonds. The summed E-state index contributed by atoms with van der Waals surface area (Å²) in [5, 5.41) is 11.0. The minimum absolute atomic E-state index is 0.123. The number of hydrogen-bond acceptors (Lipinski definition) is 6. The first kappa shape index (κ1) is 16.2. The van der Waals surface area contributed by atoms with Crippen LogP contribution in [-0.4, -0.2) is 26.8 Å². The Morgan fingerprint density at radius 2 is 2.00 bits per heavy atom. The van der Waals surface area contributed by atoms with Crippen LogP contribution in [0, 0.1) is 0 Å². The highest BCUT2D eigenvalue weighted by atomic mass is 32.2. The summed E-state index contributed by atoms with van der Waals surface area (Å²) in [7, 11) is 0. The molecular weight excluding hydrogens is 324 g/mol. The normalized spacial score (nSPS) is 10.5. The first-order chi connectivity index (χ1) is 11.7. The molecule has 7 heteroatoms. The Labute approximate surface area is 143 Å². The van der Waals surface area contributed by atoms with Gasteiger partial charge >= 0.3 is 0 Å². The predicted octanol–water partition coefficient (Wildman–Crippen LogP) is 3.42. The molecule has 1 aromatic carbocycles. The lowest BCUT2D eigenvalue weighted by Crippen LogP contribution is -2.13. The van der Waals surface area contributed by atoms with Crippen LogP contribution in [-0.2, 0) is 11.2 Å². The number of amides is 1. The van der Waals surface area contributed by atoms with Crippen LogP contribution in [0.3, 0.4) is 0 Å². The summed E-state index contributed by atoms with van der Waals surface area (Å²) in [4.78, 5) is 16.1. The summed E-state index contributed by atoms with van der Waals surface area (Å²) in [6, 6.07) is 13.2. The Morgan fingerprint density at radius 3 is 2.71 bits per heavy atom. The number of aromatic nitrogens is 3. The van der Waals surface area contributed by atoms with Crippen molar-refractivity contribution in [1.29, 1.82) is 0 Å². The van der Waals surface area contributed by atoms with E-state index in [1.54, 1.807) is 12.3 Å². The van der Waals surface area contributed by atoms with Crippen molar-refractivity contribution in [3.05, 3.63) is 54.2 Å². The van der Waals surface area contributed by atoms with E-state index in [0.29, 0.717) is 16.8 Å². The van der Waals surface area contributed by atoms with Crippen LogP contribution in [0.5, 0.6) is 0 Å². The number of thioether (sulfide) groups is 1. The van der Waals surface area contributed by atoms with Gasteiger partial charge < -0.3 is 9.73 Å². The average Bonchev–Trinajstić information content (AvgIpc) is 3.10. The van der Waals surface area contributed by atoms with E-state index in [9.17, 15) is 4.79 Å². The minimum atomic E-state index is -0.123. The van der Waals surface area contributed by atoms with Gasteiger partial charge in [-0.05, 0) is 36.2 Å². The van der Waals surface area contributed by atoms with Gasteiger partial charge in [-0.1, -0.05) is 36.9 Å². The van der Waals surface area contributed by atoms with Gasteiger partial charge in [0.25, 0.3) is 11.1 Å². The van der Waals surface area contributed by atoms with Crippen molar-refractivity contribution in [2.75, 3.05) is 11.1 Å². The molecule has 0 bridgehead atoms. The molecule has 3 rings (SSSR count). The molecule has 0 aliphatic heterocycles. The van der Waals surface area contributed by atoms with E-state index >= 15 is 0 Å². The van der Waals surface area contributed by atoms with E-state index in [1.807, 2.05) is 36.4 Å². The smallest absolute Gasteiger partial charge is 0.277 e. The van der Waals surface area contributed by atoms with Gasteiger partial charge in [0.2, 0.25) is 5.91 Å². The number of nitrogens with one attached hydrogen (secondary N) is 1. The summed E-state index contributed by atoms with van der Waals surface area (Å²) >= 11 is 1.19. The van der Waals surface area contributed by atoms with Crippen LogP contribution in [0.2, 0.25) is 0 Å². The first-order valence-electron chi connectivity index (χ1n) is 7.51. The molecular formula is C17H16N4O2S. The highest BCUT2D eigenvalue weighted by Crippen LogP contribution is 2.21. The SMILES string of the molecule is CCc1ccc(NC(=O)CSc2nnc(-c3ccccn3)o2)cc1. The van der Waals surface area contributed by atoms with Crippen molar-refractivity contribution in [3.63, 3.8) is 0 Å². The van der Waals surface area contributed by atoms with Gasteiger partial charge in [-0.2, -0.15) is 0 Å². The molecule has 0 aliphatic rings. The fraction of sp³-hybridized carbons (Fsp3) is 0.176. The quantitative estimate of drug-likeness (QED) is 0.693.